The van der Waals surface area contributed by atoms with Gasteiger partial charge in [0.15, 0.2) is 0 Å². The quantitative estimate of drug-likeness (QED) is 0.838. The second-order valence-electron chi connectivity index (χ2n) is 6.69. The summed E-state index contributed by atoms with van der Waals surface area (Å²) in [5.74, 6) is -0.175. The lowest BCUT2D eigenvalue weighted by Gasteiger charge is -2.47. The molecule has 2 saturated heterocycles. The van der Waals surface area contributed by atoms with E-state index in [0.717, 1.165) is 19.6 Å². The first-order valence-corrected chi connectivity index (χ1v) is 7.75. The summed E-state index contributed by atoms with van der Waals surface area (Å²) in [6.45, 7) is 10.3. The number of likely N-dealkylation sites (tertiary alicyclic amines) is 2. The van der Waals surface area contributed by atoms with Crippen LogP contribution in [0.4, 0.5) is 0 Å². The second-order valence-corrected chi connectivity index (χ2v) is 6.69. The summed E-state index contributed by atoms with van der Waals surface area (Å²) in [5.41, 5.74) is 5.81. The smallest absolute Gasteiger partial charge is 0.218 e. The van der Waals surface area contributed by atoms with Crippen LogP contribution >= 0.6 is 0 Å². The van der Waals surface area contributed by atoms with Crippen molar-refractivity contribution in [2.24, 2.45) is 11.1 Å². The molecule has 0 saturated carbocycles. The highest BCUT2D eigenvalue weighted by Gasteiger charge is 2.37. The van der Waals surface area contributed by atoms with Crippen LogP contribution in [-0.4, -0.2) is 54.5 Å². The maximum Gasteiger partial charge on any atom is 0.218 e. The second kappa shape index (κ2) is 6.23. The van der Waals surface area contributed by atoms with Gasteiger partial charge in [0, 0.05) is 19.0 Å². The van der Waals surface area contributed by atoms with E-state index in [-0.39, 0.29) is 5.91 Å². The third kappa shape index (κ3) is 3.93. The Balaban J connectivity index is 1.75. The molecule has 0 aliphatic carbocycles. The molecule has 2 rings (SSSR count). The summed E-state index contributed by atoms with van der Waals surface area (Å²) in [4.78, 5) is 15.8. The van der Waals surface area contributed by atoms with Gasteiger partial charge in [-0.15, -0.1) is 0 Å². The summed E-state index contributed by atoms with van der Waals surface area (Å²) in [7, 11) is 0. The number of carbonyl (C=O) groups excluding carboxylic acids is 1. The van der Waals surface area contributed by atoms with Crippen LogP contribution in [0.2, 0.25) is 0 Å². The standard InChI is InChI=1S/C15H29N3O/c1-13(2)18-11-6-15(7-12-18)4-9-17(10-5-15)8-3-14(16)19/h13H,3-12H2,1-2H3,(H2,16,19). The van der Waals surface area contributed by atoms with Crippen molar-refractivity contribution in [2.75, 3.05) is 32.7 Å². The van der Waals surface area contributed by atoms with E-state index in [1.165, 1.54) is 38.8 Å². The van der Waals surface area contributed by atoms with Gasteiger partial charge in [-0.05, 0) is 71.1 Å². The van der Waals surface area contributed by atoms with Crippen molar-refractivity contribution in [1.82, 2.24) is 9.80 Å². The highest BCUT2D eigenvalue weighted by molar-refractivity contribution is 5.73. The Hall–Kier alpha value is -0.610. The highest BCUT2D eigenvalue weighted by Crippen LogP contribution is 2.41. The van der Waals surface area contributed by atoms with E-state index in [2.05, 4.69) is 23.6 Å². The molecule has 1 amide bonds. The Kier molecular flexibility index (Phi) is 4.85. The van der Waals surface area contributed by atoms with E-state index >= 15 is 0 Å². The lowest BCUT2D eigenvalue weighted by Crippen LogP contribution is -2.48. The number of piperidine rings is 2. The van der Waals surface area contributed by atoms with E-state index < -0.39 is 0 Å². The molecule has 19 heavy (non-hydrogen) atoms. The molecule has 0 aromatic heterocycles. The fraction of sp³-hybridized carbons (Fsp3) is 0.933. The van der Waals surface area contributed by atoms with Crippen molar-refractivity contribution in [3.05, 3.63) is 0 Å². The fourth-order valence-corrected chi connectivity index (χ4v) is 3.53. The number of primary amides is 1. The SMILES string of the molecule is CC(C)N1CCC2(CCN(CCC(N)=O)CC2)CC1. The van der Waals surface area contributed by atoms with E-state index in [0.29, 0.717) is 17.9 Å². The van der Waals surface area contributed by atoms with Crippen molar-refractivity contribution in [1.29, 1.82) is 0 Å². The molecule has 4 heteroatoms. The number of nitrogens with zero attached hydrogens (tertiary/aromatic N) is 2. The zero-order chi connectivity index (χ0) is 13.9. The van der Waals surface area contributed by atoms with Gasteiger partial charge in [0.25, 0.3) is 0 Å². The van der Waals surface area contributed by atoms with Crippen molar-refractivity contribution in [3.63, 3.8) is 0 Å². The predicted molar refractivity (Wildman–Crippen MR) is 77.9 cm³/mol. The van der Waals surface area contributed by atoms with E-state index in [4.69, 9.17) is 5.73 Å². The maximum absolute atomic E-state index is 10.8. The molecule has 2 N–H and O–H groups in total. The minimum absolute atomic E-state index is 0.175. The Morgan fingerprint density at radius 1 is 1.11 bits per heavy atom. The Labute approximate surface area is 117 Å². The summed E-state index contributed by atoms with van der Waals surface area (Å²) in [5, 5.41) is 0. The van der Waals surface area contributed by atoms with Gasteiger partial charge in [-0.1, -0.05) is 0 Å². The molecule has 0 unspecified atom stereocenters. The van der Waals surface area contributed by atoms with Crippen LogP contribution in [0.1, 0.15) is 46.0 Å². The first kappa shape index (κ1) is 14.8. The average molecular weight is 267 g/mol. The van der Waals surface area contributed by atoms with E-state index in [9.17, 15) is 4.79 Å². The van der Waals surface area contributed by atoms with Gasteiger partial charge in [0.1, 0.15) is 0 Å². The highest BCUT2D eigenvalue weighted by atomic mass is 16.1. The summed E-state index contributed by atoms with van der Waals surface area (Å²) in [6, 6.07) is 0.688. The zero-order valence-corrected chi connectivity index (χ0v) is 12.5. The van der Waals surface area contributed by atoms with Crippen LogP contribution in [0.25, 0.3) is 0 Å². The Bertz CT molecular complexity index is 299. The topological polar surface area (TPSA) is 49.6 Å². The lowest BCUT2D eigenvalue weighted by atomic mass is 9.71. The van der Waals surface area contributed by atoms with Crippen molar-refractivity contribution in [2.45, 2.75) is 52.0 Å². The lowest BCUT2D eigenvalue weighted by molar-refractivity contribution is -0.118. The van der Waals surface area contributed by atoms with Gasteiger partial charge < -0.3 is 15.5 Å². The van der Waals surface area contributed by atoms with E-state index in [1.807, 2.05) is 0 Å². The molecule has 0 aromatic rings. The van der Waals surface area contributed by atoms with Crippen molar-refractivity contribution in [3.8, 4) is 0 Å². The first-order chi connectivity index (χ1) is 9.01. The Morgan fingerprint density at radius 3 is 2.11 bits per heavy atom. The third-order valence-electron chi connectivity index (χ3n) is 5.18. The molecule has 2 fully saturated rings. The van der Waals surface area contributed by atoms with Gasteiger partial charge in [-0.25, -0.2) is 0 Å². The third-order valence-corrected chi connectivity index (χ3v) is 5.18. The molecule has 0 atom stereocenters. The first-order valence-electron chi connectivity index (χ1n) is 7.75. The number of amides is 1. The van der Waals surface area contributed by atoms with Gasteiger partial charge in [-0.2, -0.15) is 0 Å². The predicted octanol–water partition coefficient (Wildman–Crippen LogP) is 1.45. The molecule has 2 heterocycles. The molecular weight excluding hydrogens is 238 g/mol. The maximum atomic E-state index is 10.8. The average Bonchev–Trinajstić information content (AvgIpc) is 2.39. The largest absolute Gasteiger partial charge is 0.370 e. The number of nitrogens with two attached hydrogens (primary N) is 1. The fourth-order valence-electron chi connectivity index (χ4n) is 3.53. The van der Waals surface area contributed by atoms with Crippen LogP contribution in [-0.2, 0) is 4.79 Å². The van der Waals surface area contributed by atoms with Crippen LogP contribution in [0.3, 0.4) is 0 Å². The van der Waals surface area contributed by atoms with Crippen molar-refractivity contribution < 1.29 is 4.79 Å². The molecule has 2 aliphatic heterocycles. The molecule has 0 aromatic carbocycles. The van der Waals surface area contributed by atoms with Crippen LogP contribution in [0, 0.1) is 5.41 Å². The minimum atomic E-state index is -0.175. The molecule has 110 valence electrons. The van der Waals surface area contributed by atoms with Gasteiger partial charge in [0.2, 0.25) is 5.91 Å². The summed E-state index contributed by atoms with van der Waals surface area (Å²) in [6.07, 6.45) is 5.83. The molecular formula is C15H29N3O. The van der Waals surface area contributed by atoms with E-state index in [1.54, 1.807) is 0 Å². The van der Waals surface area contributed by atoms with Gasteiger partial charge in [0.05, 0.1) is 0 Å². The van der Waals surface area contributed by atoms with Crippen LogP contribution < -0.4 is 5.73 Å². The molecule has 1 spiro atoms. The molecule has 0 radical (unpaired) electrons. The van der Waals surface area contributed by atoms with Crippen molar-refractivity contribution >= 4 is 5.91 Å². The summed E-state index contributed by atoms with van der Waals surface area (Å²) < 4.78 is 0. The number of carbonyl (C=O) groups is 1. The number of hydrogen-bond donors (Lipinski definition) is 1. The van der Waals surface area contributed by atoms with Gasteiger partial charge >= 0.3 is 0 Å². The number of rotatable bonds is 4. The summed E-state index contributed by atoms with van der Waals surface area (Å²) >= 11 is 0. The minimum Gasteiger partial charge on any atom is -0.370 e. The van der Waals surface area contributed by atoms with Gasteiger partial charge in [-0.3, -0.25) is 4.79 Å². The Morgan fingerprint density at radius 2 is 1.63 bits per heavy atom. The number of hydrogen-bond acceptors (Lipinski definition) is 3. The monoisotopic (exact) mass is 267 g/mol. The zero-order valence-electron chi connectivity index (χ0n) is 12.5. The molecule has 4 nitrogen and oxygen atoms in total. The molecule has 0 bridgehead atoms. The normalized spacial score (nSPS) is 25.0. The molecule has 2 aliphatic rings. The van der Waals surface area contributed by atoms with Crippen LogP contribution in [0.15, 0.2) is 0 Å². The van der Waals surface area contributed by atoms with Crippen LogP contribution in [0.5, 0.6) is 0 Å².